The van der Waals surface area contributed by atoms with Crippen molar-refractivity contribution in [3.05, 3.63) is 0 Å². The van der Waals surface area contributed by atoms with Crippen LogP contribution < -0.4 is 5.73 Å². The van der Waals surface area contributed by atoms with E-state index in [0.717, 1.165) is 31.7 Å². The lowest BCUT2D eigenvalue weighted by Gasteiger charge is -2.19. The largest absolute Gasteiger partial charge is 0.346 e. The highest BCUT2D eigenvalue weighted by molar-refractivity contribution is 5.75. The predicted octanol–water partition coefficient (Wildman–Crippen LogP) is 2.15. The second-order valence-electron chi connectivity index (χ2n) is 5.27. The van der Waals surface area contributed by atoms with Crippen LogP contribution >= 0.6 is 0 Å². The van der Waals surface area contributed by atoms with Gasteiger partial charge in [0.25, 0.3) is 0 Å². The molecule has 1 amide bonds. The molecular formula is C13H26N2O. The fourth-order valence-electron chi connectivity index (χ4n) is 2.34. The maximum absolute atomic E-state index is 11.8. The molecule has 2 N–H and O–H groups in total. The van der Waals surface area contributed by atoms with Crippen molar-refractivity contribution in [1.29, 1.82) is 0 Å². The smallest absolute Gasteiger partial charge is 0.222 e. The van der Waals surface area contributed by atoms with E-state index in [1.54, 1.807) is 0 Å². The van der Waals surface area contributed by atoms with Gasteiger partial charge in [0.05, 0.1) is 0 Å². The normalized spacial score (nSPS) is 18.7. The van der Waals surface area contributed by atoms with Crippen molar-refractivity contribution in [3.63, 3.8) is 0 Å². The van der Waals surface area contributed by atoms with Crippen LogP contribution in [0.5, 0.6) is 0 Å². The van der Waals surface area contributed by atoms with E-state index < -0.39 is 0 Å². The fourth-order valence-corrected chi connectivity index (χ4v) is 2.34. The summed E-state index contributed by atoms with van der Waals surface area (Å²) in [4.78, 5) is 13.6. The van der Waals surface area contributed by atoms with Crippen molar-refractivity contribution in [2.75, 3.05) is 13.6 Å². The minimum Gasteiger partial charge on any atom is -0.346 e. The van der Waals surface area contributed by atoms with E-state index in [-0.39, 0.29) is 11.9 Å². The molecular weight excluding hydrogens is 200 g/mol. The molecule has 1 fully saturated rings. The van der Waals surface area contributed by atoms with Gasteiger partial charge in [0.2, 0.25) is 5.91 Å². The van der Waals surface area contributed by atoms with Crippen molar-refractivity contribution in [3.8, 4) is 0 Å². The summed E-state index contributed by atoms with van der Waals surface area (Å²) in [5, 5.41) is 0. The number of nitrogens with two attached hydrogens (primary N) is 1. The van der Waals surface area contributed by atoms with Crippen LogP contribution in [-0.4, -0.2) is 30.4 Å². The van der Waals surface area contributed by atoms with Gasteiger partial charge >= 0.3 is 0 Å². The summed E-state index contributed by atoms with van der Waals surface area (Å²) in [6.45, 7) is 2.78. The lowest BCUT2D eigenvalue weighted by atomic mass is 10.0. The number of hydrogen-bond donors (Lipinski definition) is 1. The maximum atomic E-state index is 11.8. The highest BCUT2D eigenvalue weighted by Gasteiger charge is 2.17. The van der Waals surface area contributed by atoms with E-state index in [9.17, 15) is 4.79 Å². The van der Waals surface area contributed by atoms with Gasteiger partial charge in [-0.2, -0.15) is 0 Å². The van der Waals surface area contributed by atoms with E-state index in [4.69, 9.17) is 5.73 Å². The topological polar surface area (TPSA) is 46.3 Å². The van der Waals surface area contributed by atoms with Crippen LogP contribution in [0.15, 0.2) is 0 Å². The highest BCUT2D eigenvalue weighted by Crippen LogP contribution is 2.28. The summed E-state index contributed by atoms with van der Waals surface area (Å²) in [6, 6.07) is 0.185. The van der Waals surface area contributed by atoms with Crippen LogP contribution in [-0.2, 0) is 4.79 Å². The van der Waals surface area contributed by atoms with Crippen molar-refractivity contribution in [2.45, 2.75) is 57.9 Å². The number of amides is 1. The van der Waals surface area contributed by atoms with Gasteiger partial charge in [-0.3, -0.25) is 4.79 Å². The first-order valence-electron chi connectivity index (χ1n) is 6.59. The molecule has 94 valence electrons. The Kier molecular flexibility index (Phi) is 5.81. The van der Waals surface area contributed by atoms with Crippen LogP contribution in [0.2, 0.25) is 0 Å². The molecule has 1 unspecified atom stereocenters. The van der Waals surface area contributed by atoms with Crippen LogP contribution in [0.25, 0.3) is 0 Å². The van der Waals surface area contributed by atoms with Crippen molar-refractivity contribution >= 4 is 5.91 Å². The third-order valence-electron chi connectivity index (χ3n) is 3.59. The van der Waals surface area contributed by atoms with E-state index in [2.05, 4.69) is 0 Å². The standard InChI is InChI=1S/C13H26N2O/c1-11(14)9-10-15(2)13(16)8-7-12-5-3-4-6-12/h11-12H,3-10,14H2,1-2H3. The second kappa shape index (κ2) is 6.89. The Balaban J connectivity index is 2.12. The third kappa shape index (κ3) is 4.97. The average molecular weight is 226 g/mol. The highest BCUT2D eigenvalue weighted by atomic mass is 16.2. The number of carbonyl (C=O) groups excluding carboxylic acids is 1. The predicted molar refractivity (Wildman–Crippen MR) is 67.1 cm³/mol. The summed E-state index contributed by atoms with van der Waals surface area (Å²) < 4.78 is 0. The summed E-state index contributed by atoms with van der Waals surface area (Å²) in [6.07, 6.45) is 8.08. The Bertz CT molecular complexity index is 210. The zero-order valence-corrected chi connectivity index (χ0v) is 10.7. The Morgan fingerprint density at radius 3 is 2.62 bits per heavy atom. The first-order valence-corrected chi connectivity index (χ1v) is 6.59. The van der Waals surface area contributed by atoms with Crippen LogP contribution in [0.3, 0.4) is 0 Å². The first kappa shape index (κ1) is 13.5. The van der Waals surface area contributed by atoms with Crippen LogP contribution in [0.1, 0.15) is 51.9 Å². The molecule has 1 aliphatic rings. The Labute approximate surface area is 99.4 Å². The maximum Gasteiger partial charge on any atom is 0.222 e. The molecule has 16 heavy (non-hydrogen) atoms. The minimum atomic E-state index is 0.185. The number of nitrogens with zero attached hydrogens (tertiary/aromatic N) is 1. The third-order valence-corrected chi connectivity index (χ3v) is 3.59. The van der Waals surface area contributed by atoms with Gasteiger partial charge in [-0.15, -0.1) is 0 Å². The van der Waals surface area contributed by atoms with E-state index in [1.807, 2.05) is 18.9 Å². The average Bonchev–Trinajstić information content (AvgIpc) is 2.75. The van der Waals surface area contributed by atoms with Gasteiger partial charge in [0.15, 0.2) is 0 Å². The molecule has 0 aliphatic heterocycles. The molecule has 0 aromatic heterocycles. The SMILES string of the molecule is CC(N)CCN(C)C(=O)CCC1CCCC1. The molecule has 0 aromatic carbocycles. The summed E-state index contributed by atoms with van der Waals surface area (Å²) in [5.41, 5.74) is 5.68. The van der Waals surface area contributed by atoms with Crippen molar-refractivity contribution < 1.29 is 4.79 Å². The molecule has 1 rings (SSSR count). The van der Waals surface area contributed by atoms with Gasteiger partial charge in [-0.1, -0.05) is 25.7 Å². The molecule has 0 radical (unpaired) electrons. The second-order valence-corrected chi connectivity index (χ2v) is 5.27. The van der Waals surface area contributed by atoms with Crippen LogP contribution in [0, 0.1) is 5.92 Å². The Morgan fingerprint density at radius 1 is 1.44 bits per heavy atom. The zero-order chi connectivity index (χ0) is 12.0. The molecule has 0 heterocycles. The van der Waals surface area contributed by atoms with Gasteiger partial charge in [-0.05, 0) is 25.7 Å². The molecule has 1 atom stereocenters. The quantitative estimate of drug-likeness (QED) is 0.754. The van der Waals surface area contributed by atoms with E-state index in [0.29, 0.717) is 0 Å². The number of rotatable bonds is 6. The lowest BCUT2D eigenvalue weighted by Crippen LogP contribution is -2.31. The molecule has 3 heteroatoms. The van der Waals surface area contributed by atoms with Gasteiger partial charge in [0.1, 0.15) is 0 Å². The number of hydrogen-bond acceptors (Lipinski definition) is 2. The lowest BCUT2D eigenvalue weighted by molar-refractivity contribution is -0.130. The number of carbonyl (C=O) groups is 1. The summed E-state index contributed by atoms with van der Waals surface area (Å²) in [5.74, 6) is 1.10. The van der Waals surface area contributed by atoms with E-state index in [1.165, 1.54) is 25.7 Å². The summed E-state index contributed by atoms with van der Waals surface area (Å²) in [7, 11) is 1.89. The molecule has 0 spiro atoms. The Morgan fingerprint density at radius 2 is 2.06 bits per heavy atom. The summed E-state index contributed by atoms with van der Waals surface area (Å²) >= 11 is 0. The van der Waals surface area contributed by atoms with Gasteiger partial charge in [0, 0.05) is 26.1 Å². The molecule has 0 bridgehead atoms. The molecule has 3 nitrogen and oxygen atoms in total. The molecule has 0 aromatic rings. The van der Waals surface area contributed by atoms with Crippen molar-refractivity contribution in [1.82, 2.24) is 4.90 Å². The van der Waals surface area contributed by atoms with Gasteiger partial charge in [-0.25, -0.2) is 0 Å². The van der Waals surface area contributed by atoms with Gasteiger partial charge < -0.3 is 10.6 Å². The first-order chi connectivity index (χ1) is 7.59. The molecule has 1 aliphatic carbocycles. The zero-order valence-electron chi connectivity index (χ0n) is 10.7. The molecule has 1 saturated carbocycles. The van der Waals surface area contributed by atoms with Crippen molar-refractivity contribution in [2.24, 2.45) is 11.7 Å². The van der Waals surface area contributed by atoms with E-state index >= 15 is 0 Å². The minimum absolute atomic E-state index is 0.185. The monoisotopic (exact) mass is 226 g/mol. The fraction of sp³-hybridized carbons (Fsp3) is 0.923. The molecule has 0 saturated heterocycles. The Hall–Kier alpha value is -0.570. The van der Waals surface area contributed by atoms with Crippen LogP contribution in [0.4, 0.5) is 0 Å².